The highest BCUT2D eigenvalue weighted by atomic mass is 16.6. The first-order valence-electron chi connectivity index (χ1n) is 7.60. The fraction of sp³-hybridized carbons (Fsp3) is 0.938. The molecule has 0 N–H and O–H groups in total. The number of rotatable bonds is 6. The summed E-state index contributed by atoms with van der Waals surface area (Å²) in [7, 11) is 1.71. The maximum absolute atomic E-state index is 12.4. The second kappa shape index (κ2) is 6.74. The molecule has 0 heterocycles. The van der Waals surface area contributed by atoms with E-state index in [1.807, 2.05) is 20.8 Å². The van der Waals surface area contributed by atoms with Crippen LogP contribution in [0.2, 0.25) is 0 Å². The number of ether oxygens (including phenoxy) is 2. The molecule has 0 radical (unpaired) electrons. The fourth-order valence-electron chi connectivity index (χ4n) is 2.71. The molecule has 0 aromatic heterocycles. The van der Waals surface area contributed by atoms with E-state index in [9.17, 15) is 4.79 Å². The Morgan fingerprint density at radius 3 is 2.32 bits per heavy atom. The molecule has 0 amide bonds. The van der Waals surface area contributed by atoms with Gasteiger partial charge in [-0.3, -0.25) is 4.79 Å². The number of carbonyl (C=O) groups is 1. The lowest BCUT2D eigenvalue weighted by Crippen LogP contribution is -2.47. The molecule has 112 valence electrons. The first-order valence-corrected chi connectivity index (χ1v) is 7.60. The van der Waals surface area contributed by atoms with Crippen molar-refractivity contribution < 1.29 is 14.3 Å². The number of carbonyl (C=O) groups excluding carboxylic acids is 1. The molecule has 1 atom stereocenters. The molecule has 1 rings (SSSR count). The van der Waals surface area contributed by atoms with Crippen molar-refractivity contribution in [1.29, 1.82) is 0 Å². The summed E-state index contributed by atoms with van der Waals surface area (Å²) in [4.78, 5) is 12.4. The van der Waals surface area contributed by atoms with E-state index < -0.39 is 5.41 Å². The van der Waals surface area contributed by atoms with Crippen molar-refractivity contribution in [3.05, 3.63) is 0 Å². The Hall–Kier alpha value is -0.570. The minimum Gasteiger partial charge on any atom is -0.458 e. The second-order valence-corrected chi connectivity index (χ2v) is 6.61. The average molecular weight is 270 g/mol. The van der Waals surface area contributed by atoms with Crippen molar-refractivity contribution in [2.24, 2.45) is 11.3 Å². The molecule has 1 unspecified atom stereocenters. The van der Waals surface area contributed by atoms with Crippen LogP contribution in [-0.4, -0.2) is 25.3 Å². The predicted octanol–water partition coefficient (Wildman–Crippen LogP) is 3.95. The quantitative estimate of drug-likeness (QED) is 0.685. The van der Waals surface area contributed by atoms with Gasteiger partial charge in [-0.25, -0.2) is 0 Å². The zero-order valence-electron chi connectivity index (χ0n) is 13.3. The van der Waals surface area contributed by atoms with E-state index in [-0.39, 0.29) is 17.5 Å². The number of hydrogen-bond donors (Lipinski definition) is 0. The molecule has 0 saturated heterocycles. The van der Waals surface area contributed by atoms with Crippen LogP contribution in [0.25, 0.3) is 0 Å². The fourth-order valence-corrected chi connectivity index (χ4v) is 2.71. The van der Waals surface area contributed by atoms with Crippen molar-refractivity contribution in [3.63, 3.8) is 0 Å². The minimum absolute atomic E-state index is 0.0557. The lowest BCUT2D eigenvalue weighted by Gasteiger charge is -2.43. The van der Waals surface area contributed by atoms with Crippen LogP contribution < -0.4 is 0 Å². The minimum atomic E-state index is -0.392. The maximum atomic E-state index is 12.4. The van der Waals surface area contributed by atoms with Gasteiger partial charge in [-0.05, 0) is 46.0 Å². The molecule has 0 aromatic rings. The molecule has 0 spiro atoms. The zero-order valence-corrected chi connectivity index (χ0v) is 13.3. The lowest BCUT2D eigenvalue weighted by atomic mass is 9.76. The largest absolute Gasteiger partial charge is 0.458 e. The molecule has 1 aliphatic rings. The van der Waals surface area contributed by atoms with E-state index in [0.717, 1.165) is 32.1 Å². The Labute approximate surface area is 118 Å². The Morgan fingerprint density at radius 2 is 1.84 bits per heavy atom. The third-order valence-corrected chi connectivity index (χ3v) is 4.75. The number of esters is 1. The summed E-state index contributed by atoms with van der Waals surface area (Å²) < 4.78 is 11.3. The molecule has 1 saturated carbocycles. The van der Waals surface area contributed by atoms with E-state index in [4.69, 9.17) is 9.47 Å². The normalized spacial score (nSPS) is 20.9. The summed E-state index contributed by atoms with van der Waals surface area (Å²) >= 11 is 0. The Kier molecular flexibility index (Phi) is 5.84. The van der Waals surface area contributed by atoms with Crippen molar-refractivity contribution in [2.75, 3.05) is 13.7 Å². The van der Waals surface area contributed by atoms with Gasteiger partial charge in [-0.15, -0.1) is 0 Å². The molecule has 1 aliphatic carbocycles. The van der Waals surface area contributed by atoms with E-state index in [1.54, 1.807) is 7.11 Å². The summed E-state index contributed by atoms with van der Waals surface area (Å²) in [5.41, 5.74) is -0.699. The third-order valence-electron chi connectivity index (χ3n) is 4.75. The van der Waals surface area contributed by atoms with Crippen LogP contribution in [0, 0.1) is 11.3 Å². The third kappa shape index (κ3) is 3.95. The predicted molar refractivity (Wildman–Crippen MR) is 77.0 cm³/mol. The second-order valence-electron chi connectivity index (χ2n) is 6.61. The van der Waals surface area contributed by atoms with Crippen LogP contribution >= 0.6 is 0 Å². The Morgan fingerprint density at radius 1 is 1.26 bits per heavy atom. The van der Waals surface area contributed by atoms with E-state index in [2.05, 4.69) is 6.92 Å². The van der Waals surface area contributed by atoms with E-state index in [0.29, 0.717) is 6.61 Å². The summed E-state index contributed by atoms with van der Waals surface area (Å²) in [6, 6.07) is 0. The topological polar surface area (TPSA) is 35.5 Å². The van der Waals surface area contributed by atoms with Gasteiger partial charge in [0.2, 0.25) is 0 Å². The van der Waals surface area contributed by atoms with Crippen molar-refractivity contribution in [1.82, 2.24) is 0 Å². The van der Waals surface area contributed by atoms with Gasteiger partial charge in [0.1, 0.15) is 5.60 Å². The van der Waals surface area contributed by atoms with Crippen LogP contribution in [-0.2, 0) is 14.3 Å². The summed E-state index contributed by atoms with van der Waals surface area (Å²) in [5.74, 6) is 0.203. The van der Waals surface area contributed by atoms with Gasteiger partial charge in [0.05, 0.1) is 12.0 Å². The van der Waals surface area contributed by atoms with Crippen molar-refractivity contribution >= 4 is 5.97 Å². The smallest absolute Gasteiger partial charge is 0.312 e. The summed E-state index contributed by atoms with van der Waals surface area (Å²) in [6.45, 7) is 8.76. The molecule has 0 aromatic carbocycles. The van der Waals surface area contributed by atoms with Crippen molar-refractivity contribution in [2.45, 2.75) is 71.8 Å². The first kappa shape index (κ1) is 16.5. The van der Waals surface area contributed by atoms with Gasteiger partial charge in [0, 0.05) is 13.0 Å². The Balaban J connectivity index is 2.83. The molecular weight excluding hydrogens is 240 g/mol. The van der Waals surface area contributed by atoms with Crippen LogP contribution in [0.15, 0.2) is 0 Å². The maximum Gasteiger partial charge on any atom is 0.312 e. The van der Waals surface area contributed by atoms with Gasteiger partial charge in [-0.2, -0.15) is 0 Å². The van der Waals surface area contributed by atoms with Gasteiger partial charge >= 0.3 is 5.97 Å². The average Bonchev–Trinajstić information content (AvgIpc) is 2.40. The monoisotopic (exact) mass is 270 g/mol. The van der Waals surface area contributed by atoms with Gasteiger partial charge < -0.3 is 9.47 Å². The van der Waals surface area contributed by atoms with E-state index in [1.165, 1.54) is 6.42 Å². The summed E-state index contributed by atoms with van der Waals surface area (Å²) in [6.07, 6.45) is 6.30. The highest BCUT2D eigenvalue weighted by Gasteiger charge is 2.43. The van der Waals surface area contributed by atoms with Crippen LogP contribution in [0.4, 0.5) is 0 Å². The van der Waals surface area contributed by atoms with Crippen LogP contribution in [0.5, 0.6) is 0 Å². The zero-order chi connectivity index (χ0) is 14.5. The molecule has 3 heteroatoms. The SMILES string of the molecule is CCC(C)(C)C(=O)OC1(C(C)COC)CCCCC1. The van der Waals surface area contributed by atoms with Gasteiger partial charge in [0.25, 0.3) is 0 Å². The van der Waals surface area contributed by atoms with Crippen LogP contribution in [0.1, 0.15) is 66.2 Å². The van der Waals surface area contributed by atoms with Crippen LogP contribution in [0.3, 0.4) is 0 Å². The van der Waals surface area contributed by atoms with E-state index >= 15 is 0 Å². The molecule has 0 aliphatic heterocycles. The molecule has 1 fully saturated rings. The van der Waals surface area contributed by atoms with Crippen molar-refractivity contribution in [3.8, 4) is 0 Å². The number of hydrogen-bond acceptors (Lipinski definition) is 3. The molecule has 0 bridgehead atoms. The highest BCUT2D eigenvalue weighted by molar-refractivity contribution is 5.76. The first-order chi connectivity index (χ1) is 8.88. The Bertz CT molecular complexity index is 290. The molecular formula is C16H30O3. The van der Waals surface area contributed by atoms with Gasteiger partial charge in [0.15, 0.2) is 0 Å². The summed E-state index contributed by atoms with van der Waals surface area (Å²) in [5, 5.41) is 0. The lowest BCUT2D eigenvalue weighted by molar-refractivity contribution is -0.183. The number of methoxy groups -OCH3 is 1. The highest BCUT2D eigenvalue weighted by Crippen LogP contribution is 2.40. The standard InChI is InChI=1S/C16H30O3/c1-6-15(3,4)14(17)19-16(13(2)12-18-5)10-8-7-9-11-16/h13H,6-12H2,1-5H3. The van der Waals surface area contributed by atoms with Gasteiger partial charge in [-0.1, -0.05) is 20.3 Å². The molecule has 19 heavy (non-hydrogen) atoms. The molecule has 3 nitrogen and oxygen atoms in total.